The van der Waals surface area contributed by atoms with Crippen molar-refractivity contribution >= 4 is 45.5 Å². The van der Waals surface area contributed by atoms with Crippen molar-refractivity contribution in [1.29, 1.82) is 0 Å². The molecule has 0 unspecified atom stereocenters. The Labute approximate surface area is 261 Å². The van der Waals surface area contributed by atoms with Crippen LogP contribution >= 0.6 is 0 Å². The first-order valence-electron chi connectivity index (χ1n) is 14.9. The first-order valence-corrected chi connectivity index (χ1v) is 14.9. The number of H-pyrrole nitrogens is 1. The van der Waals surface area contributed by atoms with E-state index in [0.29, 0.717) is 11.1 Å². The number of carbonyl (C=O) groups is 2. The highest BCUT2D eigenvalue weighted by Crippen LogP contribution is 2.41. The Morgan fingerprint density at radius 2 is 0.956 bits per heavy atom. The fourth-order valence-electron chi connectivity index (χ4n) is 5.93. The van der Waals surface area contributed by atoms with Crippen molar-refractivity contribution in [2.75, 3.05) is 0 Å². The van der Waals surface area contributed by atoms with Gasteiger partial charge in [-0.2, -0.15) is 0 Å². The number of carbonyl (C=O) groups excluding carboxylic acids is 2. The van der Waals surface area contributed by atoms with E-state index in [2.05, 4.69) is 53.5 Å². The molecule has 0 saturated carbocycles. The van der Waals surface area contributed by atoms with Crippen LogP contribution in [0, 0.1) is 0 Å². The number of hydrogen-bond acceptors (Lipinski definition) is 2. The summed E-state index contributed by atoms with van der Waals surface area (Å²) >= 11 is 0. The normalized spacial score (nSPS) is 11.6. The van der Waals surface area contributed by atoms with Gasteiger partial charge in [0.2, 0.25) is 0 Å². The number of nitrogens with one attached hydrogen (secondary N) is 1. The molecule has 7 aromatic rings. The van der Waals surface area contributed by atoms with Crippen molar-refractivity contribution in [3.05, 3.63) is 180 Å². The molecule has 0 atom stereocenters. The van der Waals surface area contributed by atoms with E-state index in [9.17, 15) is 9.59 Å². The first kappa shape index (κ1) is 27.8. The summed E-state index contributed by atoms with van der Waals surface area (Å²) in [5.41, 5.74) is 9.24. The Bertz CT molecular complexity index is 2240. The van der Waals surface area contributed by atoms with Crippen molar-refractivity contribution in [1.82, 2.24) is 4.98 Å². The second-order valence-electron chi connectivity index (χ2n) is 10.9. The molecule has 0 radical (unpaired) electrons. The van der Waals surface area contributed by atoms with Gasteiger partial charge in [-0.25, -0.2) is 0 Å². The minimum absolute atomic E-state index is 0.0601. The predicted molar refractivity (Wildman–Crippen MR) is 186 cm³/mol. The number of allylic oxidation sites excluding steroid dienone is 2. The molecule has 6 aromatic carbocycles. The van der Waals surface area contributed by atoms with Gasteiger partial charge in [-0.1, -0.05) is 152 Å². The molecule has 1 N–H and O–H groups in total. The van der Waals surface area contributed by atoms with Crippen molar-refractivity contribution in [2.24, 2.45) is 0 Å². The number of fused-ring (bicyclic) bond motifs is 3. The first-order chi connectivity index (χ1) is 22.2. The average molecular weight is 580 g/mol. The van der Waals surface area contributed by atoms with Gasteiger partial charge in [0.25, 0.3) is 0 Å². The number of aromatic nitrogens is 1. The van der Waals surface area contributed by atoms with E-state index in [1.165, 1.54) is 5.39 Å². The largest absolute Gasteiger partial charge is 0.354 e. The molecular formula is C42H29NO2. The van der Waals surface area contributed by atoms with Crippen molar-refractivity contribution in [2.45, 2.75) is 0 Å². The molecule has 0 aliphatic heterocycles. The van der Waals surface area contributed by atoms with Crippen LogP contribution in [-0.4, -0.2) is 16.6 Å². The lowest BCUT2D eigenvalue weighted by atomic mass is 9.87. The molecule has 3 heteroatoms. The summed E-state index contributed by atoms with van der Waals surface area (Å²) in [6.45, 7) is 0. The quantitative estimate of drug-likeness (QED) is 0.144. The number of aromatic amines is 1. The van der Waals surface area contributed by atoms with E-state index >= 15 is 0 Å². The SMILES string of the molecule is O=C(/C=C/c1ccccc1-c1c(/C=C/C(=O)c2ccccc2)cccc1-c1cccc2c1[nH]c1ccccc12)c1ccccc1. The molecule has 0 amide bonds. The number of para-hydroxylation sites is 2. The van der Waals surface area contributed by atoms with Gasteiger partial charge in [-0.05, 0) is 46.0 Å². The van der Waals surface area contributed by atoms with E-state index < -0.39 is 0 Å². The highest BCUT2D eigenvalue weighted by atomic mass is 16.1. The lowest BCUT2D eigenvalue weighted by molar-refractivity contribution is 0.103. The van der Waals surface area contributed by atoms with Crippen molar-refractivity contribution in [3.8, 4) is 22.3 Å². The lowest BCUT2D eigenvalue weighted by Gasteiger charge is -2.17. The van der Waals surface area contributed by atoms with Crippen LogP contribution in [0.4, 0.5) is 0 Å². The van der Waals surface area contributed by atoms with E-state index in [-0.39, 0.29) is 11.6 Å². The van der Waals surface area contributed by atoms with Crippen LogP contribution in [0.25, 0.3) is 56.2 Å². The maximum Gasteiger partial charge on any atom is 0.185 e. The predicted octanol–water partition coefficient (Wildman–Crippen LogP) is 10.4. The maximum absolute atomic E-state index is 13.1. The molecule has 7 rings (SSSR count). The molecule has 1 aromatic heterocycles. The second kappa shape index (κ2) is 12.3. The molecule has 3 nitrogen and oxygen atoms in total. The van der Waals surface area contributed by atoms with Gasteiger partial charge >= 0.3 is 0 Å². The summed E-state index contributed by atoms with van der Waals surface area (Å²) < 4.78 is 0. The third-order valence-electron chi connectivity index (χ3n) is 8.10. The average Bonchev–Trinajstić information content (AvgIpc) is 3.49. The van der Waals surface area contributed by atoms with Crippen LogP contribution in [0.1, 0.15) is 31.8 Å². The summed E-state index contributed by atoms with van der Waals surface area (Å²) in [6, 6.07) is 47.5. The van der Waals surface area contributed by atoms with Gasteiger partial charge in [0.15, 0.2) is 11.6 Å². The smallest absolute Gasteiger partial charge is 0.185 e. The zero-order chi connectivity index (χ0) is 30.6. The minimum Gasteiger partial charge on any atom is -0.354 e. The fourth-order valence-corrected chi connectivity index (χ4v) is 5.93. The van der Waals surface area contributed by atoms with Gasteiger partial charge in [-0.15, -0.1) is 0 Å². The Balaban J connectivity index is 1.42. The van der Waals surface area contributed by atoms with Gasteiger partial charge in [0.1, 0.15) is 0 Å². The molecule has 45 heavy (non-hydrogen) atoms. The number of hydrogen-bond donors (Lipinski definition) is 1. The zero-order valence-corrected chi connectivity index (χ0v) is 24.5. The summed E-state index contributed by atoms with van der Waals surface area (Å²) in [5.74, 6) is -0.124. The standard InChI is InChI=1S/C42H29NO2/c44-39(30-14-3-1-4-15-30)27-25-29-13-7-8-19-33(29)41-32(26-28-40(45)31-16-5-2-6-17-31)18-11-21-35(41)37-23-12-22-36-34-20-9-10-24-38(34)43-42(36)37/h1-28,43H/b27-25+,28-26+. The molecule has 0 bridgehead atoms. The maximum atomic E-state index is 13.1. The van der Waals surface area contributed by atoms with Gasteiger partial charge < -0.3 is 4.98 Å². The molecular weight excluding hydrogens is 550 g/mol. The molecule has 0 spiro atoms. The van der Waals surface area contributed by atoms with Gasteiger partial charge in [0.05, 0.1) is 5.52 Å². The molecule has 0 fully saturated rings. The Morgan fingerprint density at radius 3 is 1.69 bits per heavy atom. The summed E-state index contributed by atoms with van der Waals surface area (Å²) in [7, 11) is 0. The fraction of sp³-hybridized carbons (Fsp3) is 0. The topological polar surface area (TPSA) is 49.9 Å². The van der Waals surface area contributed by atoms with E-state index in [1.807, 2.05) is 109 Å². The van der Waals surface area contributed by atoms with Crippen LogP contribution in [0.2, 0.25) is 0 Å². The number of benzene rings is 6. The molecule has 0 aliphatic carbocycles. The lowest BCUT2D eigenvalue weighted by Crippen LogP contribution is -1.96. The Morgan fingerprint density at radius 1 is 0.444 bits per heavy atom. The summed E-state index contributed by atoms with van der Waals surface area (Å²) in [5, 5.41) is 2.32. The molecule has 214 valence electrons. The van der Waals surface area contributed by atoms with Crippen LogP contribution in [0.3, 0.4) is 0 Å². The zero-order valence-electron chi connectivity index (χ0n) is 24.5. The van der Waals surface area contributed by atoms with Crippen molar-refractivity contribution in [3.63, 3.8) is 0 Å². The molecule has 0 aliphatic rings. The van der Waals surface area contributed by atoms with Gasteiger partial charge in [-0.3, -0.25) is 9.59 Å². The third kappa shape index (κ3) is 5.55. The van der Waals surface area contributed by atoms with E-state index in [0.717, 1.165) is 49.8 Å². The van der Waals surface area contributed by atoms with Crippen LogP contribution < -0.4 is 0 Å². The van der Waals surface area contributed by atoms with E-state index in [1.54, 1.807) is 12.2 Å². The Hall–Kier alpha value is -6.06. The summed E-state index contributed by atoms with van der Waals surface area (Å²) in [4.78, 5) is 29.8. The van der Waals surface area contributed by atoms with Crippen LogP contribution in [-0.2, 0) is 0 Å². The Kier molecular flexibility index (Phi) is 7.57. The van der Waals surface area contributed by atoms with Crippen LogP contribution in [0.5, 0.6) is 0 Å². The third-order valence-corrected chi connectivity index (χ3v) is 8.10. The second-order valence-corrected chi connectivity index (χ2v) is 10.9. The van der Waals surface area contributed by atoms with Crippen molar-refractivity contribution < 1.29 is 9.59 Å². The number of ketones is 2. The summed E-state index contributed by atoms with van der Waals surface area (Å²) in [6.07, 6.45) is 7.05. The van der Waals surface area contributed by atoms with Gasteiger partial charge in [0, 0.05) is 33.0 Å². The highest BCUT2D eigenvalue weighted by molar-refractivity contribution is 6.14. The van der Waals surface area contributed by atoms with Crippen LogP contribution in [0.15, 0.2) is 158 Å². The minimum atomic E-state index is -0.0636. The molecule has 0 saturated heterocycles. The molecule has 1 heterocycles. The highest BCUT2D eigenvalue weighted by Gasteiger charge is 2.17. The monoisotopic (exact) mass is 579 g/mol. The number of rotatable bonds is 8. The van der Waals surface area contributed by atoms with E-state index in [4.69, 9.17) is 0 Å².